The molecule has 0 unspecified atom stereocenters. The van der Waals surface area contributed by atoms with Gasteiger partial charge in [-0.05, 0) is 84.6 Å². The molecule has 1 radical (unpaired) electrons. The number of rotatable bonds is 12. The first kappa shape index (κ1) is 36.2. The first-order valence-corrected chi connectivity index (χ1v) is 14.5. The molecule has 0 saturated heterocycles. The fourth-order valence-corrected chi connectivity index (χ4v) is 4.87. The molecular weight excluding hydrogens is 720 g/mol. The first-order valence-electron chi connectivity index (χ1n) is 13.1. The van der Waals surface area contributed by atoms with E-state index in [0.717, 1.165) is 18.1 Å². The van der Waals surface area contributed by atoms with Crippen LogP contribution in [0.2, 0.25) is 0 Å². The van der Waals surface area contributed by atoms with E-state index >= 15 is 0 Å². The van der Waals surface area contributed by atoms with Crippen LogP contribution in [-0.2, 0) is 35.8 Å². The van der Waals surface area contributed by atoms with Crippen LogP contribution < -0.4 is 0 Å². The average molecular weight is 742 g/mol. The molecule has 19 heteroatoms. The van der Waals surface area contributed by atoms with Crippen molar-refractivity contribution >= 4 is 69.0 Å². The van der Waals surface area contributed by atoms with Crippen molar-refractivity contribution < 1.29 is 66.8 Å². The van der Waals surface area contributed by atoms with Gasteiger partial charge in [-0.3, -0.25) is 0 Å². The summed E-state index contributed by atoms with van der Waals surface area (Å²) in [6, 6.07) is 19.7. The minimum atomic E-state index is -0.295. The largest absolute Gasteiger partial charge is 0.508 e. The molecule has 0 bridgehead atoms. The third-order valence-corrected chi connectivity index (χ3v) is 7.46. The number of aromatic hydroxyl groups is 4. The van der Waals surface area contributed by atoms with Crippen LogP contribution in [0, 0.1) is 6.92 Å². The van der Waals surface area contributed by atoms with Gasteiger partial charge in [0.1, 0.15) is 34.3 Å². The van der Waals surface area contributed by atoms with E-state index < -0.39 is 0 Å². The summed E-state index contributed by atoms with van der Waals surface area (Å²) in [5.41, 5.74) is 2.00. The zero-order chi connectivity index (χ0) is 33.3. The molecule has 48 heavy (non-hydrogen) atoms. The van der Waals surface area contributed by atoms with E-state index in [4.69, 9.17) is 10.5 Å². The third kappa shape index (κ3) is 9.02. The number of phenolic OH excluding ortho intramolecular Hbond substituents is 4. The molecule has 5 rings (SSSR count). The standard InChI is InChI=1S/C29H22N6O10S2.Cu/c1-15-10-24(26(38)14-23(15)33-30-17-2-6-20(7-3-17)46-44-42-40)34-35-28-27(47-45-43-41)12-16-11-18(4-8-21(16)29(28)39)31-32-22-9-5-19(36)13-25(22)37;/h2-14,36-41H,1H3;. The van der Waals surface area contributed by atoms with Crippen molar-refractivity contribution in [1.29, 1.82) is 0 Å². The van der Waals surface area contributed by atoms with Crippen LogP contribution in [0.3, 0.4) is 0 Å². The van der Waals surface area contributed by atoms with Gasteiger partial charge >= 0.3 is 0 Å². The summed E-state index contributed by atoms with van der Waals surface area (Å²) in [6.07, 6.45) is 0. The topological polar surface area (TPSA) is 232 Å². The van der Waals surface area contributed by atoms with Crippen LogP contribution >= 0.6 is 24.1 Å². The van der Waals surface area contributed by atoms with E-state index in [9.17, 15) is 20.4 Å². The maximum atomic E-state index is 11.1. The Labute approximate surface area is 289 Å². The molecule has 0 aliphatic carbocycles. The summed E-state index contributed by atoms with van der Waals surface area (Å²) in [5, 5.41) is 91.0. The smallest absolute Gasteiger partial charge is 0.152 e. The second kappa shape index (κ2) is 16.9. The number of hydrogen-bond donors (Lipinski definition) is 6. The summed E-state index contributed by atoms with van der Waals surface area (Å²) >= 11 is 1.34. The van der Waals surface area contributed by atoms with Gasteiger partial charge in [0.25, 0.3) is 0 Å². The maximum absolute atomic E-state index is 11.1. The van der Waals surface area contributed by atoms with Gasteiger partial charge in [-0.1, -0.05) is 10.1 Å². The molecule has 251 valence electrons. The van der Waals surface area contributed by atoms with Crippen molar-refractivity contribution in [3.63, 3.8) is 0 Å². The minimum absolute atomic E-state index is 0. The molecular formula is C29H22CuN6O10S2. The molecule has 0 fully saturated rings. The number of hydrogen-bond acceptors (Lipinski definition) is 18. The van der Waals surface area contributed by atoms with Gasteiger partial charge in [0.05, 0.1) is 46.0 Å². The minimum Gasteiger partial charge on any atom is -0.508 e. The Balaban J connectivity index is 0.00000520. The van der Waals surface area contributed by atoms with E-state index in [1.54, 1.807) is 55.5 Å². The zero-order valence-corrected chi connectivity index (χ0v) is 26.7. The molecule has 0 aromatic heterocycles. The Morgan fingerprint density at radius 2 is 1.23 bits per heavy atom. The number of phenols is 4. The number of azo groups is 3. The van der Waals surface area contributed by atoms with Crippen LogP contribution in [0.15, 0.2) is 119 Å². The predicted molar refractivity (Wildman–Crippen MR) is 169 cm³/mol. The fraction of sp³-hybridized carbons (Fsp3) is 0.0345. The summed E-state index contributed by atoms with van der Waals surface area (Å²) < 4.78 is 8.97. The Hall–Kier alpha value is -4.66. The predicted octanol–water partition coefficient (Wildman–Crippen LogP) is 10.1. The van der Waals surface area contributed by atoms with Gasteiger partial charge in [0.2, 0.25) is 0 Å². The van der Waals surface area contributed by atoms with Crippen LogP contribution in [0.25, 0.3) is 10.8 Å². The average Bonchev–Trinajstić information content (AvgIpc) is 3.06. The van der Waals surface area contributed by atoms with Crippen LogP contribution in [-0.4, -0.2) is 30.9 Å². The summed E-state index contributed by atoms with van der Waals surface area (Å²) in [6.45, 7) is 1.73. The number of aryl methyl sites for hydroxylation is 1. The van der Waals surface area contributed by atoms with Crippen molar-refractivity contribution in [2.24, 2.45) is 30.7 Å². The van der Waals surface area contributed by atoms with Crippen LogP contribution in [0.5, 0.6) is 23.0 Å². The molecule has 0 aliphatic rings. The Morgan fingerprint density at radius 1 is 0.583 bits per heavy atom. The van der Waals surface area contributed by atoms with Crippen molar-refractivity contribution in [2.45, 2.75) is 16.7 Å². The maximum Gasteiger partial charge on any atom is 0.152 e. The van der Waals surface area contributed by atoms with Crippen molar-refractivity contribution in [1.82, 2.24) is 0 Å². The Kier molecular flexibility index (Phi) is 12.8. The van der Waals surface area contributed by atoms with E-state index in [-0.39, 0.29) is 62.0 Å². The first-order chi connectivity index (χ1) is 22.7. The van der Waals surface area contributed by atoms with Gasteiger partial charge in [-0.25, -0.2) is 10.5 Å². The number of benzene rings is 5. The van der Waals surface area contributed by atoms with Crippen LogP contribution in [0.1, 0.15) is 5.56 Å². The van der Waals surface area contributed by atoms with Gasteiger partial charge < -0.3 is 20.4 Å². The SMILES string of the molecule is Cc1cc(N=Nc2c(SOOO)cc3cc(N=Nc4ccc(O)cc4O)ccc3c2O)c(O)cc1N=Nc1ccc(SOOO)cc1.[Cu]. The Bertz CT molecular complexity index is 2000. The summed E-state index contributed by atoms with van der Waals surface area (Å²) in [7, 11) is 0. The fourth-order valence-electron chi connectivity index (χ4n) is 4.02. The number of fused-ring (bicyclic) bond motifs is 1. The second-order valence-corrected chi connectivity index (χ2v) is 10.8. The summed E-state index contributed by atoms with van der Waals surface area (Å²) in [5.74, 6) is -0.941. The van der Waals surface area contributed by atoms with Crippen molar-refractivity contribution in [3.05, 3.63) is 84.4 Å². The third-order valence-electron chi connectivity index (χ3n) is 6.24. The number of nitrogens with zero attached hydrogens (tertiary/aromatic N) is 6. The van der Waals surface area contributed by atoms with E-state index in [1.807, 2.05) is 0 Å². The van der Waals surface area contributed by atoms with E-state index in [2.05, 4.69) is 49.4 Å². The normalized spacial score (nSPS) is 11.6. The van der Waals surface area contributed by atoms with Gasteiger partial charge in [0, 0.05) is 39.5 Å². The molecule has 0 aliphatic heterocycles. The quantitative estimate of drug-likeness (QED) is 0.0230. The molecule has 16 nitrogen and oxygen atoms in total. The monoisotopic (exact) mass is 741 g/mol. The molecule has 5 aromatic rings. The van der Waals surface area contributed by atoms with Gasteiger partial charge in [-0.15, -0.1) is 24.0 Å². The molecule has 0 heterocycles. The summed E-state index contributed by atoms with van der Waals surface area (Å²) in [4.78, 5) is 0.829. The molecule has 0 saturated carbocycles. The molecule has 0 atom stereocenters. The second-order valence-electron chi connectivity index (χ2n) is 9.32. The van der Waals surface area contributed by atoms with E-state index in [0.29, 0.717) is 50.3 Å². The molecule has 5 aromatic carbocycles. The van der Waals surface area contributed by atoms with E-state index in [1.165, 1.54) is 24.3 Å². The molecule has 6 N–H and O–H groups in total. The van der Waals surface area contributed by atoms with Crippen molar-refractivity contribution in [3.8, 4) is 23.0 Å². The molecule has 0 amide bonds. The van der Waals surface area contributed by atoms with Gasteiger partial charge in [0.15, 0.2) is 5.75 Å². The van der Waals surface area contributed by atoms with Crippen molar-refractivity contribution in [2.75, 3.05) is 0 Å². The van der Waals surface area contributed by atoms with Gasteiger partial charge in [-0.2, -0.15) is 15.3 Å². The Morgan fingerprint density at radius 3 is 1.96 bits per heavy atom. The molecule has 0 spiro atoms. The van der Waals surface area contributed by atoms with Crippen LogP contribution in [0.4, 0.5) is 34.1 Å². The zero-order valence-electron chi connectivity index (χ0n) is 24.1.